The van der Waals surface area contributed by atoms with Crippen LogP contribution in [0.3, 0.4) is 0 Å². The topological polar surface area (TPSA) is 74.0 Å². The average Bonchev–Trinajstić information content (AvgIpc) is 3.14. The van der Waals surface area contributed by atoms with E-state index in [4.69, 9.17) is 4.84 Å². The minimum atomic E-state index is -0.539. The van der Waals surface area contributed by atoms with Crippen LogP contribution >= 0.6 is 0 Å². The van der Waals surface area contributed by atoms with Crippen molar-refractivity contribution in [1.29, 1.82) is 0 Å². The van der Waals surface area contributed by atoms with Crippen molar-refractivity contribution < 1.29 is 23.8 Å². The minimum Gasteiger partial charge on any atom is -0.377 e. The molecule has 0 radical (unpaired) electrons. The van der Waals surface area contributed by atoms with Crippen LogP contribution in [0.1, 0.15) is 38.5 Å². The fourth-order valence-electron chi connectivity index (χ4n) is 4.39. The quantitative estimate of drug-likeness (QED) is 0.203. The number of hydrogen-bond donors (Lipinski definition) is 0. The summed E-state index contributed by atoms with van der Waals surface area (Å²) in [6, 6.07) is 15.3. The van der Waals surface area contributed by atoms with Gasteiger partial charge >= 0.3 is 5.97 Å². The first-order chi connectivity index (χ1) is 16.7. The number of benzene rings is 2. The number of aromatic nitrogens is 1. The van der Waals surface area contributed by atoms with E-state index in [0.29, 0.717) is 11.5 Å². The number of carbonyl (C=O) groups is 3. The fourth-order valence-corrected chi connectivity index (χ4v) is 4.39. The molecule has 2 heterocycles. The molecule has 1 aliphatic heterocycles. The van der Waals surface area contributed by atoms with Crippen LogP contribution in [-0.2, 0) is 25.8 Å². The van der Waals surface area contributed by atoms with Crippen molar-refractivity contribution in [1.82, 2.24) is 5.06 Å². The van der Waals surface area contributed by atoms with Crippen molar-refractivity contribution in [2.75, 3.05) is 38.0 Å². The normalized spacial score (nSPS) is 13.7. The second kappa shape index (κ2) is 10.3. The third-order valence-electron chi connectivity index (χ3n) is 6.41. The molecule has 2 aromatic carbocycles. The maximum absolute atomic E-state index is 12.1. The van der Waals surface area contributed by atoms with Crippen molar-refractivity contribution in [3.63, 3.8) is 0 Å². The van der Waals surface area contributed by atoms with E-state index in [1.54, 1.807) is 0 Å². The zero-order valence-electron chi connectivity index (χ0n) is 20.9. The van der Waals surface area contributed by atoms with Crippen LogP contribution in [0.25, 0.3) is 21.8 Å². The lowest BCUT2D eigenvalue weighted by atomic mass is 10.1. The van der Waals surface area contributed by atoms with Crippen LogP contribution in [0.2, 0.25) is 0 Å². The number of anilines is 2. The van der Waals surface area contributed by atoms with Crippen LogP contribution in [0.5, 0.6) is 0 Å². The predicted octanol–water partition coefficient (Wildman–Crippen LogP) is 3.58. The predicted molar refractivity (Wildman–Crippen MR) is 136 cm³/mol. The fraction of sp³-hybridized carbons (Fsp3) is 0.407. The van der Waals surface area contributed by atoms with Crippen molar-refractivity contribution in [2.45, 2.75) is 45.1 Å². The molecule has 8 heteroatoms. The van der Waals surface area contributed by atoms with Crippen LogP contribution in [0.4, 0.5) is 11.4 Å². The Bertz CT molecular complexity index is 1200. The van der Waals surface area contributed by atoms with Gasteiger partial charge in [-0.3, -0.25) is 9.59 Å². The first kappa shape index (κ1) is 24.4. The van der Waals surface area contributed by atoms with Crippen LogP contribution in [0.15, 0.2) is 42.5 Å². The monoisotopic (exact) mass is 477 g/mol. The second-order valence-corrected chi connectivity index (χ2v) is 9.43. The van der Waals surface area contributed by atoms with E-state index < -0.39 is 17.8 Å². The van der Waals surface area contributed by atoms with E-state index in [1.807, 2.05) is 28.2 Å². The number of aryl methyl sites for hydroxylation is 1. The summed E-state index contributed by atoms with van der Waals surface area (Å²) in [6.07, 6.45) is 2.72. The van der Waals surface area contributed by atoms with Crippen LogP contribution < -0.4 is 14.4 Å². The number of fused-ring (bicyclic) bond motifs is 2. The van der Waals surface area contributed by atoms with Gasteiger partial charge in [-0.15, -0.1) is 5.06 Å². The lowest BCUT2D eigenvalue weighted by molar-refractivity contribution is -0.645. The SMILES string of the molecule is CN(C)c1ccc2cc3ccc(N(C)C)cc3[n+](CCCCCC(=O)ON3C(=O)CCC3=O)c2c1. The summed E-state index contributed by atoms with van der Waals surface area (Å²) in [5.74, 6) is -1.43. The number of amides is 2. The summed E-state index contributed by atoms with van der Waals surface area (Å²) in [5, 5.41) is 2.99. The summed E-state index contributed by atoms with van der Waals surface area (Å²) in [4.78, 5) is 44.5. The molecule has 0 unspecified atom stereocenters. The van der Waals surface area contributed by atoms with Crippen LogP contribution in [-0.4, -0.2) is 51.0 Å². The summed E-state index contributed by atoms with van der Waals surface area (Å²) >= 11 is 0. The number of imide groups is 1. The molecule has 1 saturated heterocycles. The van der Waals surface area contributed by atoms with Gasteiger partial charge in [0.15, 0.2) is 0 Å². The molecule has 184 valence electrons. The number of unbranched alkanes of at least 4 members (excludes halogenated alkanes) is 2. The molecule has 1 aromatic heterocycles. The number of hydrogen-bond acceptors (Lipinski definition) is 6. The molecule has 1 fully saturated rings. The summed E-state index contributed by atoms with van der Waals surface area (Å²) in [6.45, 7) is 0.805. The Morgan fingerprint density at radius 2 is 1.37 bits per heavy atom. The third kappa shape index (κ3) is 5.37. The maximum atomic E-state index is 12.1. The molecule has 0 atom stereocenters. The highest BCUT2D eigenvalue weighted by atomic mass is 16.7. The number of nitrogens with zero attached hydrogens (tertiary/aromatic N) is 4. The Balaban J connectivity index is 1.49. The van der Waals surface area contributed by atoms with Crippen molar-refractivity contribution in [2.24, 2.45) is 0 Å². The standard InChI is InChI=1S/C27H33N4O4/c1-28(2)21-11-9-19-16-20-10-12-22(29(3)4)18-24(20)30(23(19)17-21)15-7-5-6-8-27(34)35-31-25(32)13-14-26(31)33/h9-12,16-18H,5-8,13-15H2,1-4H3/q+1. The molecular formula is C27H33N4O4+. The lowest BCUT2D eigenvalue weighted by Gasteiger charge is -2.15. The van der Waals surface area contributed by atoms with Gasteiger partial charge in [0.2, 0.25) is 11.0 Å². The molecule has 2 amide bonds. The highest BCUT2D eigenvalue weighted by molar-refractivity contribution is 6.01. The van der Waals surface area contributed by atoms with Gasteiger partial charge in [0, 0.05) is 88.2 Å². The van der Waals surface area contributed by atoms with E-state index >= 15 is 0 Å². The molecule has 0 bridgehead atoms. The van der Waals surface area contributed by atoms with Gasteiger partial charge in [0.25, 0.3) is 11.8 Å². The zero-order valence-corrected chi connectivity index (χ0v) is 20.9. The summed E-state index contributed by atoms with van der Waals surface area (Å²) in [5.41, 5.74) is 4.63. The van der Waals surface area contributed by atoms with E-state index in [2.05, 4.69) is 56.8 Å². The highest BCUT2D eigenvalue weighted by Gasteiger charge is 2.32. The maximum Gasteiger partial charge on any atom is 0.333 e. The Morgan fingerprint density at radius 1 is 0.829 bits per heavy atom. The van der Waals surface area contributed by atoms with E-state index in [-0.39, 0.29) is 19.3 Å². The van der Waals surface area contributed by atoms with Crippen molar-refractivity contribution >= 4 is 51.0 Å². The molecule has 0 N–H and O–H groups in total. The van der Waals surface area contributed by atoms with Gasteiger partial charge in [0.1, 0.15) is 6.54 Å². The first-order valence-corrected chi connectivity index (χ1v) is 12.1. The number of carbonyl (C=O) groups excluding carboxylic acids is 3. The number of rotatable bonds is 9. The molecule has 35 heavy (non-hydrogen) atoms. The largest absolute Gasteiger partial charge is 0.377 e. The molecule has 0 spiro atoms. The highest BCUT2D eigenvalue weighted by Crippen LogP contribution is 2.25. The molecule has 8 nitrogen and oxygen atoms in total. The average molecular weight is 478 g/mol. The smallest absolute Gasteiger partial charge is 0.333 e. The molecule has 3 aromatic rings. The Hall–Kier alpha value is -3.68. The van der Waals surface area contributed by atoms with E-state index in [9.17, 15) is 14.4 Å². The second-order valence-electron chi connectivity index (χ2n) is 9.43. The summed E-state index contributed by atoms with van der Waals surface area (Å²) in [7, 11) is 8.16. The Labute approximate surface area is 205 Å². The minimum absolute atomic E-state index is 0.105. The molecular weight excluding hydrogens is 444 g/mol. The lowest BCUT2D eigenvalue weighted by Crippen LogP contribution is -2.36. The molecule has 0 saturated carbocycles. The van der Waals surface area contributed by atoms with Gasteiger partial charge < -0.3 is 14.6 Å². The van der Waals surface area contributed by atoms with Gasteiger partial charge in [-0.25, -0.2) is 4.79 Å². The van der Waals surface area contributed by atoms with Gasteiger partial charge in [0.05, 0.1) is 0 Å². The first-order valence-electron chi connectivity index (χ1n) is 12.1. The number of hydroxylamine groups is 2. The molecule has 4 rings (SSSR count). The van der Waals surface area contributed by atoms with Crippen molar-refractivity contribution in [3.05, 3.63) is 42.5 Å². The van der Waals surface area contributed by atoms with E-state index in [0.717, 1.165) is 30.8 Å². The summed E-state index contributed by atoms with van der Waals surface area (Å²) < 4.78 is 2.37. The van der Waals surface area contributed by atoms with Gasteiger partial charge in [-0.05, 0) is 43.2 Å². The third-order valence-corrected chi connectivity index (χ3v) is 6.41. The van der Waals surface area contributed by atoms with Crippen LogP contribution in [0, 0.1) is 0 Å². The van der Waals surface area contributed by atoms with Gasteiger partial charge in [-0.2, -0.15) is 4.57 Å². The zero-order chi connectivity index (χ0) is 25.1. The van der Waals surface area contributed by atoms with Gasteiger partial charge in [-0.1, -0.05) is 0 Å². The Morgan fingerprint density at radius 3 is 1.89 bits per heavy atom. The van der Waals surface area contributed by atoms with E-state index in [1.165, 1.54) is 21.8 Å². The molecule has 0 aliphatic carbocycles. The Kier molecular flexibility index (Phi) is 7.19. The number of pyridine rings is 1. The van der Waals surface area contributed by atoms with Crippen molar-refractivity contribution in [3.8, 4) is 0 Å². The molecule has 1 aliphatic rings.